The Labute approximate surface area is 148 Å². The van der Waals surface area contributed by atoms with Crippen LogP contribution in [0.1, 0.15) is 42.3 Å². The van der Waals surface area contributed by atoms with Crippen LogP contribution in [0.5, 0.6) is 0 Å². The molecule has 1 N–H and O–H groups in total. The molecule has 0 aliphatic heterocycles. The maximum atomic E-state index is 12.1. The van der Waals surface area contributed by atoms with Crippen LogP contribution in [0.3, 0.4) is 0 Å². The summed E-state index contributed by atoms with van der Waals surface area (Å²) < 4.78 is 35.5. The van der Waals surface area contributed by atoms with Gasteiger partial charge in [-0.15, -0.1) is 0 Å². The Bertz CT molecular complexity index is 824. The molecule has 0 bridgehead atoms. The molecule has 0 aliphatic carbocycles. The van der Waals surface area contributed by atoms with Gasteiger partial charge in [0.2, 0.25) is 0 Å². The molecular weight excluding hydrogens is 340 g/mol. The van der Waals surface area contributed by atoms with Gasteiger partial charge in [-0.2, -0.15) is 8.42 Å². The molecule has 134 valence electrons. The van der Waals surface area contributed by atoms with E-state index in [0.717, 1.165) is 11.1 Å². The second-order valence-corrected chi connectivity index (χ2v) is 8.03. The summed E-state index contributed by atoms with van der Waals surface area (Å²) >= 11 is 0. The summed E-state index contributed by atoms with van der Waals surface area (Å²) in [4.78, 5) is 12.1. The maximum absolute atomic E-state index is 12.1. The van der Waals surface area contributed by atoms with Gasteiger partial charge in [0.1, 0.15) is 11.9 Å². The molecule has 6 heteroatoms. The predicted octanol–water partition coefficient (Wildman–Crippen LogP) is 3.45. The lowest BCUT2D eigenvalue weighted by Crippen LogP contribution is -2.24. The number of ether oxygens (including phenoxy) is 1. The molecule has 0 radical (unpaired) electrons. The Kier molecular flexibility index (Phi) is 5.65. The van der Waals surface area contributed by atoms with Crippen molar-refractivity contribution in [3.63, 3.8) is 0 Å². The lowest BCUT2D eigenvalue weighted by Gasteiger charge is -2.26. The number of rotatable bonds is 6. The van der Waals surface area contributed by atoms with Crippen LogP contribution in [0.2, 0.25) is 0 Å². The molecule has 0 saturated heterocycles. The monoisotopic (exact) mass is 362 g/mol. The van der Waals surface area contributed by atoms with Crippen molar-refractivity contribution in [3.05, 3.63) is 71.3 Å². The zero-order valence-corrected chi connectivity index (χ0v) is 15.3. The molecule has 1 atom stereocenters. The fourth-order valence-electron chi connectivity index (χ4n) is 2.63. The van der Waals surface area contributed by atoms with E-state index in [0.29, 0.717) is 5.56 Å². The lowest BCUT2D eigenvalue weighted by atomic mass is 9.78. The van der Waals surface area contributed by atoms with E-state index >= 15 is 0 Å². The SMILES string of the molecule is CC(CS(=O)(=O)O)OC(=O)c1ccc(C(C)(C)c2ccccc2)cc1. The molecule has 0 spiro atoms. The van der Waals surface area contributed by atoms with Gasteiger partial charge < -0.3 is 4.74 Å². The van der Waals surface area contributed by atoms with Gasteiger partial charge in [0, 0.05) is 5.41 Å². The largest absolute Gasteiger partial charge is 0.458 e. The summed E-state index contributed by atoms with van der Waals surface area (Å²) in [7, 11) is -4.19. The number of carbonyl (C=O) groups excluding carboxylic acids is 1. The highest BCUT2D eigenvalue weighted by molar-refractivity contribution is 7.85. The highest BCUT2D eigenvalue weighted by Crippen LogP contribution is 2.31. The van der Waals surface area contributed by atoms with Gasteiger partial charge in [-0.3, -0.25) is 4.55 Å². The van der Waals surface area contributed by atoms with E-state index in [2.05, 4.69) is 26.0 Å². The minimum Gasteiger partial charge on any atom is -0.458 e. The van der Waals surface area contributed by atoms with Crippen LogP contribution in [0.15, 0.2) is 54.6 Å². The Morgan fingerprint density at radius 3 is 2.08 bits per heavy atom. The van der Waals surface area contributed by atoms with E-state index in [1.54, 1.807) is 12.1 Å². The smallest absolute Gasteiger partial charge is 0.338 e. The minimum absolute atomic E-state index is 0.220. The first-order chi connectivity index (χ1) is 11.6. The van der Waals surface area contributed by atoms with Crippen LogP contribution in [0.25, 0.3) is 0 Å². The van der Waals surface area contributed by atoms with Crippen LogP contribution >= 0.6 is 0 Å². The van der Waals surface area contributed by atoms with Crippen molar-refractivity contribution in [3.8, 4) is 0 Å². The standard InChI is InChI=1S/C19H22O5S/c1-14(13-25(21,22)23)24-18(20)15-9-11-17(12-10-15)19(2,3)16-7-5-4-6-8-16/h4-12,14H,13H2,1-3H3,(H,21,22,23). The predicted molar refractivity (Wildman–Crippen MR) is 96.3 cm³/mol. The Morgan fingerprint density at radius 1 is 1.04 bits per heavy atom. The van der Waals surface area contributed by atoms with Gasteiger partial charge in [-0.25, -0.2) is 4.79 Å². The molecule has 5 nitrogen and oxygen atoms in total. The van der Waals surface area contributed by atoms with Crippen LogP contribution in [0, 0.1) is 0 Å². The summed E-state index contributed by atoms with van der Waals surface area (Å²) in [5, 5.41) is 0. The Morgan fingerprint density at radius 2 is 1.56 bits per heavy atom. The van der Waals surface area contributed by atoms with E-state index in [1.165, 1.54) is 6.92 Å². The fourth-order valence-corrected chi connectivity index (χ4v) is 3.29. The average molecular weight is 362 g/mol. The highest BCUT2D eigenvalue weighted by Gasteiger charge is 2.23. The van der Waals surface area contributed by atoms with Gasteiger partial charge in [-0.05, 0) is 30.2 Å². The van der Waals surface area contributed by atoms with Gasteiger partial charge >= 0.3 is 5.97 Å². The summed E-state index contributed by atoms with van der Waals surface area (Å²) in [5.74, 6) is -1.25. The van der Waals surface area contributed by atoms with Crippen LogP contribution in [-0.2, 0) is 20.3 Å². The number of hydrogen-bond acceptors (Lipinski definition) is 4. The zero-order chi connectivity index (χ0) is 18.7. The highest BCUT2D eigenvalue weighted by atomic mass is 32.2. The zero-order valence-electron chi connectivity index (χ0n) is 14.5. The van der Waals surface area contributed by atoms with E-state index in [1.807, 2.05) is 30.3 Å². The van der Waals surface area contributed by atoms with Crippen molar-refractivity contribution < 1.29 is 22.5 Å². The lowest BCUT2D eigenvalue weighted by molar-refractivity contribution is 0.0381. The normalized spacial score (nSPS) is 13.3. The quantitative estimate of drug-likeness (QED) is 0.629. The summed E-state index contributed by atoms with van der Waals surface area (Å²) in [6, 6.07) is 17.1. The second-order valence-electron chi connectivity index (χ2n) is 6.53. The Hall–Kier alpha value is -2.18. The van der Waals surface area contributed by atoms with Gasteiger partial charge in [-0.1, -0.05) is 56.3 Å². The van der Waals surface area contributed by atoms with Crippen molar-refractivity contribution >= 4 is 16.1 Å². The first-order valence-electron chi connectivity index (χ1n) is 7.92. The number of benzene rings is 2. The molecule has 0 saturated carbocycles. The number of esters is 1. The maximum Gasteiger partial charge on any atom is 0.338 e. The Balaban J connectivity index is 2.13. The van der Waals surface area contributed by atoms with Crippen LogP contribution in [-0.4, -0.2) is 30.8 Å². The van der Waals surface area contributed by atoms with E-state index in [9.17, 15) is 13.2 Å². The molecule has 0 aromatic heterocycles. The molecule has 2 aromatic rings. The van der Waals surface area contributed by atoms with E-state index in [-0.39, 0.29) is 5.41 Å². The van der Waals surface area contributed by atoms with Crippen molar-refractivity contribution in [1.29, 1.82) is 0 Å². The van der Waals surface area contributed by atoms with Gasteiger partial charge in [0.05, 0.1) is 5.56 Å². The average Bonchev–Trinajstić information content (AvgIpc) is 2.54. The topological polar surface area (TPSA) is 80.7 Å². The van der Waals surface area contributed by atoms with Crippen molar-refractivity contribution in [2.24, 2.45) is 0 Å². The second kappa shape index (κ2) is 7.37. The van der Waals surface area contributed by atoms with Crippen molar-refractivity contribution in [1.82, 2.24) is 0 Å². The molecular formula is C19H22O5S. The fraction of sp³-hybridized carbons (Fsp3) is 0.316. The number of carbonyl (C=O) groups is 1. The third-order valence-electron chi connectivity index (χ3n) is 4.09. The molecule has 1 unspecified atom stereocenters. The number of hydrogen-bond donors (Lipinski definition) is 1. The molecule has 2 rings (SSSR count). The third kappa shape index (κ3) is 5.14. The summed E-state index contributed by atoms with van der Waals surface area (Å²) in [6.45, 7) is 5.62. The molecule has 0 heterocycles. The van der Waals surface area contributed by atoms with E-state index < -0.39 is 27.9 Å². The molecule has 25 heavy (non-hydrogen) atoms. The third-order valence-corrected chi connectivity index (χ3v) is 4.98. The van der Waals surface area contributed by atoms with Crippen LogP contribution in [0.4, 0.5) is 0 Å². The molecule has 0 aliphatic rings. The first-order valence-corrected chi connectivity index (χ1v) is 9.53. The molecule has 0 fully saturated rings. The summed E-state index contributed by atoms with van der Waals surface area (Å²) in [6.07, 6.45) is -0.928. The van der Waals surface area contributed by atoms with E-state index in [4.69, 9.17) is 9.29 Å². The van der Waals surface area contributed by atoms with Crippen molar-refractivity contribution in [2.45, 2.75) is 32.3 Å². The minimum atomic E-state index is -4.19. The summed E-state index contributed by atoms with van der Waals surface area (Å²) in [5.41, 5.74) is 2.31. The first kappa shape index (κ1) is 19.1. The van der Waals surface area contributed by atoms with Crippen molar-refractivity contribution in [2.75, 3.05) is 5.75 Å². The molecule has 2 aromatic carbocycles. The van der Waals surface area contributed by atoms with Gasteiger partial charge in [0.15, 0.2) is 0 Å². The molecule has 0 amide bonds. The van der Waals surface area contributed by atoms with Crippen LogP contribution < -0.4 is 0 Å². The van der Waals surface area contributed by atoms with Gasteiger partial charge in [0.25, 0.3) is 10.1 Å².